The molecule has 154 valence electrons. The van der Waals surface area contributed by atoms with E-state index in [-0.39, 0.29) is 17.0 Å². The maximum atomic E-state index is 13.3. The Bertz CT molecular complexity index is 1560. The van der Waals surface area contributed by atoms with Crippen molar-refractivity contribution >= 4 is 28.3 Å². The number of aromatic nitrogens is 4. The number of nitriles is 1. The predicted molar refractivity (Wildman–Crippen MR) is 118 cm³/mol. The molecule has 0 atom stereocenters. The molecule has 0 bridgehead atoms. The van der Waals surface area contributed by atoms with E-state index in [1.807, 2.05) is 24.3 Å². The summed E-state index contributed by atoms with van der Waals surface area (Å²) >= 11 is 0. The van der Waals surface area contributed by atoms with Crippen molar-refractivity contribution in [3.05, 3.63) is 100 Å². The van der Waals surface area contributed by atoms with Crippen LogP contribution in [0.15, 0.2) is 77.7 Å². The average Bonchev–Trinajstić information content (AvgIpc) is 3.24. The monoisotopic (exact) mass is 423 g/mol. The maximum absolute atomic E-state index is 13.3. The quantitative estimate of drug-likeness (QED) is 0.427. The first-order valence-corrected chi connectivity index (χ1v) is 9.64. The zero-order chi connectivity index (χ0) is 22.1. The second-order valence-electron chi connectivity index (χ2n) is 6.89. The van der Waals surface area contributed by atoms with Crippen LogP contribution < -0.4 is 10.3 Å². The summed E-state index contributed by atoms with van der Waals surface area (Å²) in [5.74, 6) is 0.201. The van der Waals surface area contributed by atoms with Crippen molar-refractivity contribution in [2.24, 2.45) is 0 Å². The second kappa shape index (κ2) is 7.81. The van der Waals surface area contributed by atoms with Gasteiger partial charge in [-0.05, 0) is 54.6 Å². The molecule has 0 fully saturated rings. The highest BCUT2D eigenvalue weighted by Gasteiger charge is 2.16. The summed E-state index contributed by atoms with van der Waals surface area (Å²) in [5, 5.41) is 9.79. The summed E-state index contributed by atoms with van der Waals surface area (Å²) in [7, 11) is 0. The van der Waals surface area contributed by atoms with Gasteiger partial charge in [0, 0.05) is 6.20 Å². The van der Waals surface area contributed by atoms with Gasteiger partial charge in [0.2, 0.25) is 5.88 Å². The van der Waals surface area contributed by atoms with Gasteiger partial charge < -0.3 is 9.72 Å². The Kier molecular flexibility index (Phi) is 4.69. The fourth-order valence-corrected chi connectivity index (χ4v) is 3.28. The fourth-order valence-electron chi connectivity index (χ4n) is 3.28. The van der Waals surface area contributed by atoms with E-state index >= 15 is 0 Å². The van der Waals surface area contributed by atoms with Gasteiger partial charge in [0.25, 0.3) is 5.56 Å². The van der Waals surface area contributed by atoms with Gasteiger partial charge in [-0.25, -0.2) is 9.37 Å². The number of benzene rings is 2. The molecule has 5 aromatic rings. The molecule has 2 aromatic carbocycles. The van der Waals surface area contributed by atoms with Gasteiger partial charge in [-0.1, -0.05) is 18.2 Å². The minimum absolute atomic E-state index is 0.00308. The van der Waals surface area contributed by atoms with Gasteiger partial charge in [0.15, 0.2) is 0 Å². The van der Waals surface area contributed by atoms with Crippen molar-refractivity contribution in [3.63, 3.8) is 0 Å². The SMILES string of the molecule is N#CC(=Cc1c(Oc2ccc(F)cc2)nc2ccccn2c1=O)c1nc2ccccc2[nH]1. The largest absolute Gasteiger partial charge is 0.438 e. The smallest absolute Gasteiger partial charge is 0.269 e. The van der Waals surface area contributed by atoms with Crippen LogP contribution in [0.1, 0.15) is 11.4 Å². The van der Waals surface area contributed by atoms with Crippen molar-refractivity contribution in [1.29, 1.82) is 5.26 Å². The van der Waals surface area contributed by atoms with E-state index in [1.54, 1.807) is 24.4 Å². The van der Waals surface area contributed by atoms with Gasteiger partial charge in [-0.15, -0.1) is 0 Å². The summed E-state index contributed by atoms with van der Waals surface area (Å²) in [5.41, 5.74) is 1.61. The number of rotatable bonds is 4. The zero-order valence-electron chi connectivity index (χ0n) is 16.5. The first-order valence-electron chi connectivity index (χ1n) is 9.64. The molecule has 0 radical (unpaired) electrons. The topological polar surface area (TPSA) is 96.1 Å². The molecular formula is C24H14FN5O2. The molecule has 0 aliphatic carbocycles. The third kappa shape index (κ3) is 3.48. The lowest BCUT2D eigenvalue weighted by Crippen LogP contribution is -2.18. The van der Waals surface area contributed by atoms with E-state index in [1.165, 1.54) is 34.7 Å². The maximum Gasteiger partial charge on any atom is 0.269 e. The minimum Gasteiger partial charge on any atom is -0.438 e. The third-order valence-corrected chi connectivity index (χ3v) is 4.82. The number of fused-ring (bicyclic) bond motifs is 2. The summed E-state index contributed by atoms with van der Waals surface area (Å²) in [6.07, 6.45) is 2.97. The number of ether oxygens (including phenoxy) is 1. The third-order valence-electron chi connectivity index (χ3n) is 4.82. The molecular weight excluding hydrogens is 409 g/mol. The first kappa shape index (κ1) is 19.2. The van der Waals surface area contributed by atoms with Crippen LogP contribution >= 0.6 is 0 Å². The number of hydrogen-bond donors (Lipinski definition) is 1. The lowest BCUT2D eigenvalue weighted by Gasteiger charge is -2.10. The molecule has 0 saturated carbocycles. The average molecular weight is 423 g/mol. The highest BCUT2D eigenvalue weighted by molar-refractivity contribution is 5.91. The number of imidazole rings is 1. The molecule has 8 heteroatoms. The normalized spacial score (nSPS) is 11.6. The van der Waals surface area contributed by atoms with Crippen LogP contribution in [0.2, 0.25) is 0 Å². The van der Waals surface area contributed by atoms with E-state index in [0.717, 1.165) is 5.52 Å². The second-order valence-corrected chi connectivity index (χ2v) is 6.89. The van der Waals surface area contributed by atoms with Crippen LogP contribution in [0.5, 0.6) is 11.6 Å². The number of pyridine rings is 1. The van der Waals surface area contributed by atoms with Gasteiger partial charge in [0.05, 0.1) is 16.6 Å². The zero-order valence-corrected chi connectivity index (χ0v) is 16.5. The number of allylic oxidation sites excluding steroid dienone is 1. The summed E-state index contributed by atoms with van der Waals surface area (Å²) in [6, 6.07) is 19.9. The Morgan fingerprint density at radius 3 is 2.62 bits per heavy atom. The number of para-hydroxylation sites is 2. The summed E-state index contributed by atoms with van der Waals surface area (Å²) < 4.78 is 20.5. The van der Waals surface area contributed by atoms with Crippen LogP contribution in [0.4, 0.5) is 4.39 Å². The minimum atomic E-state index is -0.420. The van der Waals surface area contributed by atoms with Gasteiger partial charge in [-0.2, -0.15) is 10.2 Å². The van der Waals surface area contributed by atoms with Crippen LogP contribution in [0, 0.1) is 17.1 Å². The molecule has 0 aliphatic rings. The Balaban J connectivity index is 1.70. The highest BCUT2D eigenvalue weighted by atomic mass is 19.1. The van der Waals surface area contributed by atoms with Crippen LogP contribution in [0.25, 0.3) is 28.3 Å². The van der Waals surface area contributed by atoms with Crippen molar-refractivity contribution in [2.45, 2.75) is 0 Å². The van der Waals surface area contributed by atoms with Gasteiger partial charge >= 0.3 is 0 Å². The Hall–Kier alpha value is -4.77. The van der Waals surface area contributed by atoms with Gasteiger partial charge in [0.1, 0.15) is 34.7 Å². The lowest BCUT2D eigenvalue weighted by atomic mass is 10.2. The van der Waals surface area contributed by atoms with E-state index in [4.69, 9.17) is 4.74 Å². The molecule has 0 aliphatic heterocycles. The Morgan fingerprint density at radius 1 is 1.06 bits per heavy atom. The highest BCUT2D eigenvalue weighted by Crippen LogP contribution is 2.26. The standard InChI is InChI=1S/C24H14FN5O2/c25-16-8-10-17(11-9-16)32-23-18(24(31)30-12-4-3-7-21(30)29-23)13-15(14-26)22-27-19-5-1-2-6-20(19)28-22/h1-13H,(H,27,28). The number of hydrogen-bond acceptors (Lipinski definition) is 5. The fraction of sp³-hybridized carbons (Fsp3) is 0. The molecule has 0 saturated heterocycles. The molecule has 5 rings (SSSR count). The number of nitrogens with one attached hydrogen (secondary N) is 1. The van der Waals surface area contributed by atoms with Crippen molar-refractivity contribution in [2.75, 3.05) is 0 Å². The van der Waals surface area contributed by atoms with Crippen LogP contribution in [-0.4, -0.2) is 19.4 Å². The van der Waals surface area contributed by atoms with Crippen LogP contribution in [0.3, 0.4) is 0 Å². The molecule has 0 amide bonds. The number of aromatic amines is 1. The Morgan fingerprint density at radius 2 is 1.84 bits per heavy atom. The number of nitrogens with zero attached hydrogens (tertiary/aromatic N) is 4. The predicted octanol–water partition coefficient (Wildman–Crippen LogP) is 4.57. The van der Waals surface area contributed by atoms with Crippen LogP contribution in [-0.2, 0) is 0 Å². The summed E-state index contributed by atoms with van der Waals surface area (Å²) in [6.45, 7) is 0. The summed E-state index contributed by atoms with van der Waals surface area (Å²) in [4.78, 5) is 25.2. The molecule has 3 heterocycles. The van der Waals surface area contributed by atoms with E-state index in [0.29, 0.717) is 22.7 Å². The van der Waals surface area contributed by atoms with E-state index in [9.17, 15) is 14.4 Å². The number of H-pyrrole nitrogens is 1. The number of halogens is 1. The molecule has 7 nitrogen and oxygen atoms in total. The molecule has 32 heavy (non-hydrogen) atoms. The molecule has 1 N–H and O–H groups in total. The Labute approximate surface area is 180 Å². The van der Waals surface area contributed by atoms with Crippen molar-refractivity contribution in [3.8, 4) is 17.7 Å². The van der Waals surface area contributed by atoms with Gasteiger partial charge in [-0.3, -0.25) is 9.20 Å². The lowest BCUT2D eigenvalue weighted by molar-refractivity contribution is 0.459. The molecule has 3 aromatic heterocycles. The molecule has 0 spiro atoms. The van der Waals surface area contributed by atoms with Crippen molar-refractivity contribution < 1.29 is 9.13 Å². The first-order chi connectivity index (χ1) is 15.6. The van der Waals surface area contributed by atoms with E-state index in [2.05, 4.69) is 21.0 Å². The molecule has 0 unspecified atom stereocenters. The van der Waals surface area contributed by atoms with E-state index < -0.39 is 11.4 Å². The van der Waals surface area contributed by atoms with Crippen molar-refractivity contribution in [1.82, 2.24) is 19.4 Å².